The number of nitrogens with zero attached hydrogens (tertiary/aromatic N) is 2. The Morgan fingerprint density at radius 3 is 2.00 bits per heavy atom. The topological polar surface area (TPSA) is 77.2 Å². The van der Waals surface area contributed by atoms with Crippen LogP contribution in [0.1, 0.15) is 0 Å². The van der Waals surface area contributed by atoms with Gasteiger partial charge in [-0.2, -0.15) is 10.2 Å². The molecule has 5 nitrogen and oxygen atoms in total. The molecule has 0 aliphatic carbocycles. The van der Waals surface area contributed by atoms with Crippen molar-refractivity contribution in [1.29, 1.82) is 0 Å². The van der Waals surface area contributed by atoms with Crippen LogP contribution in [0.2, 0.25) is 0 Å². The van der Waals surface area contributed by atoms with Gasteiger partial charge in [0.2, 0.25) is 0 Å². The fourth-order valence-corrected chi connectivity index (χ4v) is 1.47. The molecular formula is C14H15N3O2. The van der Waals surface area contributed by atoms with Crippen LogP contribution in [0.15, 0.2) is 64.8 Å². The summed E-state index contributed by atoms with van der Waals surface area (Å²) in [6, 6.07) is 16.7. The Bertz CT molecular complexity index is 524. The number of anilines is 1. The van der Waals surface area contributed by atoms with Crippen molar-refractivity contribution in [2.24, 2.45) is 10.2 Å². The second-order valence-corrected chi connectivity index (χ2v) is 3.94. The molecule has 0 heterocycles. The van der Waals surface area contributed by atoms with E-state index in [1.54, 1.807) is 12.1 Å². The summed E-state index contributed by atoms with van der Waals surface area (Å²) in [7, 11) is 0. The lowest BCUT2D eigenvalue weighted by molar-refractivity contribution is -0.0275. The molecular weight excluding hydrogens is 242 g/mol. The molecule has 2 aromatic rings. The molecule has 19 heavy (non-hydrogen) atoms. The average Bonchev–Trinajstić information content (AvgIpc) is 2.45. The first-order valence-electron chi connectivity index (χ1n) is 5.91. The predicted octanol–water partition coefficient (Wildman–Crippen LogP) is 2.82. The molecule has 98 valence electrons. The van der Waals surface area contributed by atoms with Crippen LogP contribution >= 0.6 is 0 Å². The number of azo groups is 1. The van der Waals surface area contributed by atoms with E-state index in [1.807, 2.05) is 42.5 Å². The molecule has 2 rings (SSSR count). The third kappa shape index (κ3) is 4.50. The van der Waals surface area contributed by atoms with Crippen molar-refractivity contribution in [2.45, 2.75) is 6.29 Å². The van der Waals surface area contributed by atoms with Crippen molar-refractivity contribution in [2.75, 3.05) is 11.9 Å². The lowest BCUT2D eigenvalue weighted by atomic mass is 10.3. The van der Waals surface area contributed by atoms with E-state index in [9.17, 15) is 0 Å². The minimum Gasteiger partial charge on any atom is -0.380 e. The third-order valence-corrected chi connectivity index (χ3v) is 2.39. The summed E-state index contributed by atoms with van der Waals surface area (Å²) in [5.74, 6) is 0. The lowest BCUT2D eigenvalue weighted by Crippen LogP contribution is -2.17. The SMILES string of the molecule is OC(O)CNc1ccc(N=Nc2ccccc2)cc1. The van der Waals surface area contributed by atoms with Crippen molar-refractivity contribution in [1.82, 2.24) is 0 Å². The number of rotatable bonds is 5. The number of aliphatic hydroxyl groups is 2. The van der Waals surface area contributed by atoms with Crippen LogP contribution in [0.4, 0.5) is 17.1 Å². The summed E-state index contributed by atoms with van der Waals surface area (Å²) in [6.45, 7) is 0.0882. The van der Waals surface area contributed by atoms with Gasteiger partial charge in [-0.3, -0.25) is 0 Å². The zero-order valence-corrected chi connectivity index (χ0v) is 10.3. The first kappa shape index (κ1) is 13.2. The minimum absolute atomic E-state index is 0.0882. The Balaban J connectivity index is 1.97. The Labute approximate surface area is 111 Å². The number of hydrogen-bond donors (Lipinski definition) is 3. The molecule has 3 N–H and O–H groups in total. The first-order chi connectivity index (χ1) is 9.24. The number of benzene rings is 2. The highest BCUT2D eigenvalue weighted by Gasteiger charge is 1.97. The molecule has 0 aliphatic heterocycles. The van der Waals surface area contributed by atoms with Crippen molar-refractivity contribution < 1.29 is 10.2 Å². The van der Waals surface area contributed by atoms with E-state index in [2.05, 4.69) is 15.5 Å². The van der Waals surface area contributed by atoms with Gasteiger partial charge in [0, 0.05) is 5.69 Å². The molecule has 0 saturated heterocycles. The third-order valence-electron chi connectivity index (χ3n) is 2.39. The van der Waals surface area contributed by atoms with Gasteiger partial charge in [0.15, 0.2) is 6.29 Å². The molecule has 0 aliphatic rings. The van der Waals surface area contributed by atoms with Crippen LogP contribution in [-0.4, -0.2) is 23.0 Å². The highest BCUT2D eigenvalue weighted by molar-refractivity contribution is 5.51. The van der Waals surface area contributed by atoms with Gasteiger partial charge in [-0.05, 0) is 36.4 Å². The van der Waals surface area contributed by atoms with E-state index in [1.165, 1.54) is 0 Å². The molecule has 0 bridgehead atoms. The van der Waals surface area contributed by atoms with Crippen molar-refractivity contribution in [3.8, 4) is 0 Å². The lowest BCUT2D eigenvalue weighted by Gasteiger charge is -2.07. The molecule has 0 fully saturated rings. The zero-order valence-electron chi connectivity index (χ0n) is 10.3. The summed E-state index contributed by atoms with van der Waals surface area (Å²) < 4.78 is 0. The molecule has 0 unspecified atom stereocenters. The highest BCUT2D eigenvalue weighted by atomic mass is 16.5. The maximum absolute atomic E-state index is 8.74. The van der Waals surface area contributed by atoms with E-state index in [4.69, 9.17) is 10.2 Å². The second-order valence-electron chi connectivity index (χ2n) is 3.94. The van der Waals surface area contributed by atoms with Gasteiger partial charge in [-0.1, -0.05) is 18.2 Å². The molecule has 0 aromatic heterocycles. The molecule has 5 heteroatoms. The Morgan fingerprint density at radius 2 is 1.42 bits per heavy atom. The monoisotopic (exact) mass is 257 g/mol. The van der Waals surface area contributed by atoms with Gasteiger partial charge in [0.25, 0.3) is 0 Å². The van der Waals surface area contributed by atoms with E-state index in [-0.39, 0.29) is 6.54 Å². The van der Waals surface area contributed by atoms with Crippen LogP contribution in [0.3, 0.4) is 0 Å². The van der Waals surface area contributed by atoms with Crippen LogP contribution in [0.25, 0.3) is 0 Å². The Kier molecular flexibility index (Phi) is 4.60. The summed E-state index contributed by atoms with van der Waals surface area (Å²) >= 11 is 0. The quantitative estimate of drug-likeness (QED) is 0.569. The van der Waals surface area contributed by atoms with E-state index >= 15 is 0 Å². The summed E-state index contributed by atoms with van der Waals surface area (Å²) in [6.07, 6.45) is -1.36. The van der Waals surface area contributed by atoms with Gasteiger partial charge in [-0.15, -0.1) is 0 Å². The van der Waals surface area contributed by atoms with Gasteiger partial charge in [0.1, 0.15) is 0 Å². The first-order valence-corrected chi connectivity index (χ1v) is 5.91. The molecule has 0 radical (unpaired) electrons. The largest absolute Gasteiger partial charge is 0.380 e. The van der Waals surface area contributed by atoms with Gasteiger partial charge < -0.3 is 15.5 Å². The van der Waals surface area contributed by atoms with Crippen LogP contribution in [0.5, 0.6) is 0 Å². The Hall–Kier alpha value is -2.24. The molecule has 0 amide bonds. The second kappa shape index (κ2) is 6.63. The summed E-state index contributed by atoms with van der Waals surface area (Å²) in [5, 5.41) is 28.6. The van der Waals surface area contributed by atoms with Crippen LogP contribution in [-0.2, 0) is 0 Å². The van der Waals surface area contributed by atoms with E-state index in [0.29, 0.717) is 0 Å². The standard InChI is InChI=1S/C14H15N3O2/c18-14(19)10-15-11-6-8-13(9-7-11)17-16-12-4-2-1-3-5-12/h1-9,14-15,18-19H,10H2. The van der Waals surface area contributed by atoms with Crippen LogP contribution in [0, 0.1) is 0 Å². The number of aliphatic hydroxyl groups excluding tert-OH is 1. The fraction of sp³-hybridized carbons (Fsp3) is 0.143. The predicted molar refractivity (Wildman–Crippen MR) is 73.8 cm³/mol. The highest BCUT2D eigenvalue weighted by Crippen LogP contribution is 2.19. The molecule has 2 aromatic carbocycles. The normalized spacial score (nSPS) is 11.1. The number of hydrogen-bond acceptors (Lipinski definition) is 5. The van der Waals surface area contributed by atoms with E-state index < -0.39 is 6.29 Å². The van der Waals surface area contributed by atoms with E-state index in [0.717, 1.165) is 17.1 Å². The van der Waals surface area contributed by atoms with Crippen LogP contribution < -0.4 is 5.32 Å². The summed E-state index contributed by atoms with van der Waals surface area (Å²) in [4.78, 5) is 0. The molecule has 0 saturated carbocycles. The average molecular weight is 257 g/mol. The fourth-order valence-electron chi connectivity index (χ4n) is 1.47. The molecule has 0 spiro atoms. The van der Waals surface area contributed by atoms with Gasteiger partial charge in [-0.25, -0.2) is 0 Å². The Morgan fingerprint density at radius 1 is 0.842 bits per heavy atom. The minimum atomic E-state index is -1.36. The summed E-state index contributed by atoms with van der Waals surface area (Å²) in [5.41, 5.74) is 2.33. The van der Waals surface area contributed by atoms with Gasteiger partial charge in [0.05, 0.1) is 17.9 Å². The van der Waals surface area contributed by atoms with Crippen molar-refractivity contribution in [3.05, 3.63) is 54.6 Å². The van der Waals surface area contributed by atoms with Gasteiger partial charge >= 0.3 is 0 Å². The maximum atomic E-state index is 8.74. The zero-order chi connectivity index (χ0) is 13.5. The maximum Gasteiger partial charge on any atom is 0.169 e. The smallest absolute Gasteiger partial charge is 0.169 e. The molecule has 0 atom stereocenters. The van der Waals surface area contributed by atoms with Crippen molar-refractivity contribution >= 4 is 17.1 Å². The number of nitrogens with one attached hydrogen (secondary N) is 1. The van der Waals surface area contributed by atoms with Crippen molar-refractivity contribution in [3.63, 3.8) is 0 Å².